The average Bonchev–Trinajstić information content (AvgIpc) is 2.36. The fourth-order valence-electron chi connectivity index (χ4n) is 3.17. The van der Waals surface area contributed by atoms with Gasteiger partial charge in [0.25, 0.3) is 0 Å². The Labute approximate surface area is 138 Å². The van der Waals surface area contributed by atoms with Crippen molar-refractivity contribution in [3.8, 4) is 0 Å². The van der Waals surface area contributed by atoms with Gasteiger partial charge in [-0.2, -0.15) is 0 Å². The molecule has 0 aliphatic heterocycles. The average molecular weight is 323 g/mol. The lowest BCUT2D eigenvalue weighted by molar-refractivity contribution is -0.0213. The Morgan fingerprint density at radius 1 is 1.05 bits per heavy atom. The molecule has 1 rings (SSSR count). The highest BCUT2D eigenvalue weighted by atomic mass is 28.3. The normalized spacial score (nSPS) is 13.7. The molecule has 3 heteroatoms. The maximum atomic E-state index is 10.4. The molecular formula is C19H34O2Si. The molecule has 0 saturated heterocycles. The van der Waals surface area contributed by atoms with Gasteiger partial charge in [-0.3, -0.25) is 0 Å². The van der Waals surface area contributed by atoms with Crippen molar-refractivity contribution in [2.75, 3.05) is 0 Å². The van der Waals surface area contributed by atoms with E-state index in [2.05, 4.69) is 59.8 Å². The first-order chi connectivity index (χ1) is 10.2. The predicted molar refractivity (Wildman–Crippen MR) is 98.1 cm³/mol. The van der Waals surface area contributed by atoms with Crippen molar-refractivity contribution in [2.24, 2.45) is 0 Å². The van der Waals surface area contributed by atoms with Crippen molar-refractivity contribution in [1.82, 2.24) is 0 Å². The van der Waals surface area contributed by atoms with E-state index in [0.717, 1.165) is 31.2 Å². The molecule has 0 spiro atoms. The molecule has 1 aromatic rings. The molecule has 0 aliphatic rings. The number of aliphatic hydroxyl groups is 1. The molecule has 0 aromatic heterocycles. The fraction of sp³-hybridized carbons (Fsp3) is 0.684. The minimum absolute atomic E-state index is 0.131. The molecule has 22 heavy (non-hydrogen) atoms. The zero-order valence-electron chi connectivity index (χ0n) is 15.5. The quantitative estimate of drug-likeness (QED) is 0.572. The summed E-state index contributed by atoms with van der Waals surface area (Å²) >= 11 is 0. The highest BCUT2D eigenvalue weighted by molar-refractivity contribution is 6.48. The van der Waals surface area contributed by atoms with Crippen molar-refractivity contribution >= 4 is 9.04 Å². The number of rotatable bonds is 7. The van der Waals surface area contributed by atoms with Crippen LogP contribution in [0.25, 0.3) is 0 Å². The lowest BCUT2D eigenvalue weighted by Gasteiger charge is -2.28. The van der Waals surface area contributed by atoms with Crippen LogP contribution in [-0.4, -0.2) is 14.1 Å². The van der Waals surface area contributed by atoms with Crippen LogP contribution >= 0.6 is 0 Å². The Balaban J connectivity index is 3.39. The Morgan fingerprint density at radius 2 is 1.50 bits per heavy atom. The summed E-state index contributed by atoms with van der Waals surface area (Å²) in [7, 11) is -1.26. The van der Waals surface area contributed by atoms with E-state index in [-0.39, 0.29) is 5.41 Å². The van der Waals surface area contributed by atoms with Crippen molar-refractivity contribution < 1.29 is 9.53 Å². The molecule has 0 bridgehead atoms. The maximum absolute atomic E-state index is 10.4. The summed E-state index contributed by atoms with van der Waals surface area (Å²) in [6, 6.07) is 4.34. The first-order valence-electron chi connectivity index (χ1n) is 8.70. The number of benzene rings is 1. The Morgan fingerprint density at radius 3 is 1.82 bits per heavy atom. The van der Waals surface area contributed by atoms with Crippen molar-refractivity contribution in [3.63, 3.8) is 0 Å². The summed E-state index contributed by atoms with van der Waals surface area (Å²) in [5.74, 6) is 0. The molecule has 2 nitrogen and oxygen atoms in total. The Hall–Kier alpha value is -0.643. The van der Waals surface area contributed by atoms with Gasteiger partial charge in [0.1, 0.15) is 0 Å². The second-order valence-corrected chi connectivity index (χ2v) is 9.87. The van der Waals surface area contributed by atoms with Gasteiger partial charge in [0.15, 0.2) is 15.3 Å². The second kappa shape index (κ2) is 8.28. The largest absolute Gasteiger partial charge is 0.393 e. The molecule has 1 aromatic carbocycles. The number of aliphatic hydroxyl groups excluding tert-OH is 1. The third kappa shape index (κ3) is 5.22. The SMILES string of the molecule is CCCc1cc(C(O)O[SiH](C)C)cc(CCC)c1C(C)(C)C. The molecular weight excluding hydrogens is 288 g/mol. The van der Waals surface area contributed by atoms with E-state index in [0.29, 0.717) is 0 Å². The molecule has 0 heterocycles. The van der Waals surface area contributed by atoms with Crippen LogP contribution in [0.15, 0.2) is 12.1 Å². The summed E-state index contributed by atoms with van der Waals surface area (Å²) in [6.07, 6.45) is 3.58. The van der Waals surface area contributed by atoms with Crippen LogP contribution in [0.5, 0.6) is 0 Å². The van der Waals surface area contributed by atoms with Gasteiger partial charge in [-0.1, -0.05) is 59.6 Å². The van der Waals surface area contributed by atoms with Gasteiger partial charge in [-0.25, -0.2) is 0 Å². The van der Waals surface area contributed by atoms with Crippen LogP contribution in [-0.2, 0) is 22.7 Å². The van der Waals surface area contributed by atoms with Crippen LogP contribution in [0.4, 0.5) is 0 Å². The fourth-order valence-corrected chi connectivity index (χ4v) is 3.84. The molecule has 0 radical (unpaired) electrons. The highest BCUT2D eigenvalue weighted by Gasteiger charge is 2.23. The van der Waals surface area contributed by atoms with E-state index in [4.69, 9.17) is 4.43 Å². The van der Waals surface area contributed by atoms with E-state index in [1.807, 2.05) is 0 Å². The molecule has 126 valence electrons. The van der Waals surface area contributed by atoms with Crippen molar-refractivity contribution in [3.05, 3.63) is 34.4 Å². The lowest BCUT2D eigenvalue weighted by Crippen LogP contribution is -2.20. The number of hydrogen-bond acceptors (Lipinski definition) is 2. The van der Waals surface area contributed by atoms with Gasteiger partial charge in [0.2, 0.25) is 0 Å². The third-order valence-electron chi connectivity index (χ3n) is 3.80. The summed E-state index contributed by atoms with van der Waals surface area (Å²) in [4.78, 5) is 0. The van der Waals surface area contributed by atoms with Gasteiger partial charge in [-0.05, 0) is 48.0 Å². The second-order valence-electron chi connectivity index (χ2n) is 7.50. The standard InChI is InChI=1S/C19H34O2Si/c1-8-10-14-12-16(18(20)21-22(6)7)13-15(11-9-2)17(14)19(3,4)5/h12-13,18,20,22H,8-11H2,1-7H3. The van der Waals surface area contributed by atoms with Crippen LogP contribution in [0, 0.1) is 0 Å². The highest BCUT2D eigenvalue weighted by Crippen LogP contribution is 2.34. The Kier molecular flexibility index (Phi) is 7.30. The summed E-state index contributed by atoms with van der Waals surface area (Å²) in [5.41, 5.74) is 5.29. The summed E-state index contributed by atoms with van der Waals surface area (Å²) in [5, 5.41) is 10.4. The predicted octanol–water partition coefficient (Wildman–Crippen LogP) is 4.88. The first-order valence-corrected chi connectivity index (χ1v) is 11.5. The van der Waals surface area contributed by atoms with E-state index >= 15 is 0 Å². The van der Waals surface area contributed by atoms with E-state index in [1.165, 1.54) is 16.7 Å². The van der Waals surface area contributed by atoms with E-state index in [9.17, 15) is 5.11 Å². The van der Waals surface area contributed by atoms with Gasteiger partial charge < -0.3 is 9.53 Å². The van der Waals surface area contributed by atoms with Crippen LogP contribution in [0.3, 0.4) is 0 Å². The van der Waals surface area contributed by atoms with Crippen molar-refractivity contribution in [2.45, 2.75) is 85.1 Å². The first kappa shape index (κ1) is 19.4. The van der Waals surface area contributed by atoms with E-state index in [1.54, 1.807) is 0 Å². The summed E-state index contributed by atoms with van der Waals surface area (Å²) < 4.78 is 5.72. The van der Waals surface area contributed by atoms with Gasteiger partial charge >= 0.3 is 0 Å². The monoisotopic (exact) mass is 322 g/mol. The molecule has 0 fully saturated rings. The smallest absolute Gasteiger partial charge is 0.174 e. The van der Waals surface area contributed by atoms with Gasteiger partial charge in [0, 0.05) is 5.56 Å². The Bertz CT molecular complexity index is 448. The maximum Gasteiger partial charge on any atom is 0.174 e. The molecule has 1 unspecified atom stereocenters. The molecule has 1 atom stereocenters. The lowest BCUT2D eigenvalue weighted by atomic mass is 9.77. The molecule has 0 aliphatic carbocycles. The molecule has 0 amide bonds. The topological polar surface area (TPSA) is 29.5 Å². The van der Waals surface area contributed by atoms with Gasteiger partial charge in [0.05, 0.1) is 0 Å². The van der Waals surface area contributed by atoms with Crippen LogP contribution in [0.1, 0.15) is 76.0 Å². The number of hydrogen-bond donors (Lipinski definition) is 1. The van der Waals surface area contributed by atoms with E-state index < -0.39 is 15.3 Å². The molecule has 0 saturated carbocycles. The third-order valence-corrected chi connectivity index (χ3v) is 4.60. The van der Waals surface area contributed by atoms with Crippen LogP contribution < -0.4 is 0 Å². The minimum Gasteiger partial charge on any atom is -0.393 e. The zero-order valence-corrected chi connectivity index (χ0v) is 16.6. The summed E-state index contributed by atoms with van der Waals surface area (Å²) in [6.45, 7) is 15.5. The zero-order chi connectivity index (χ0) is 16.9. The van der Waals surface area contributed by atoms with Crippen molar-refractivity contribution in [1.29, 1.82) is 0 Å². The number of aryl methyl sites for hydroxylation is 2. The minimum atomic E-state index is -1.26. The molecule has 1 N–H and O–H groups in total. The van der Waals surface area contributed by atoms with Crippen LogP contribution in [0.2, 0.25) is 13.1 Å². The van der Waals surface area contributed by atoms with Gasteiger partial charge in [-0.15, -0.1) is 0 Å².